The van der Waals surface area contributed by atoms with Gasteiger partial charge in [-0.2, -0.15) is 0 Å². The zero-order valence-electron chi connectivity index (χ0n) is 15.1. The molecule has 0 aromatic heterocycles. The van der Waals surface area contributed by atoms with Gasteiger partial charge in [0.15, 0.2) is 0 Å². The van der Waals surface area contributed by atoms with Gasteiger partial charge in [-0.15, -0.1) is 0 Å². The fraction of sp³-hybridized carbons (Fsp3) is 0.500. The molecule has 0 amide bonds. The van der Waals surface area contributed by atoms with Crippen LogP contribution in [0.2, 0.25) is 0 Å². The number of fused-ring (bicyclic) bond motifs is 1. The Bertz CT molecular complexity index is 653. The van der Waals surface area contributed by atoms with E-state index in [1.54, 1.807) is 26.0 Å². The van der Waals surface area contributed by atoms with Crippen LogP contribution in [-0.2, 0) is 19.1 Å². The van der Waals surface area contributed by atoms with E-state index in [-0.39, 0.29) is 6.61 Å². The van der Waals surface area contributed by atoms with Crippen LogP contribution in [0.3, 0.4) is 0 Å². The van der Waals surface area contributed by atoms with Crippen molar-refractivity contribution in [1.82, 2.24) is 0 Å². The van der Waals surface area contributed by atoms with Crippen LogP contribution in [0.15, 0.2) is 47.1 Å². The summed E-state index contributed by atoms with van der Waals surface area (Å²) in [6.07, 6.45) is 6.42. The maximum absolute atomic E-state index is 12.3. The van der Waals surface area contributed by atoms with Crippen molar-refractivity contribution in [3.05, 3.63) is 47.1 Å². The predicted octanol–water partition coefficient (Wildman–Crippen LogP) is 3.01. The van der Waals surface area contributed by atoms with E-state index in [0.29, 0.717) is 24.0 Å². The van der Waals surface area contributed by atoms with Gasteiger partial charge in [-0.05, 0) is 45.3 Å². The molecule has 5 nitrogen and oxygen atoms in total. The minimum Gasteiger partial charge on any atom is -0.458 e. The van der Waals surface area contributed by atoms with Crippen LogP contribution in [0.1, 0.15) is 40.0 Å². The number of carbonyl (C=O) groups is 2. The van der Waals surface area contributed by atoms with E-state index < -0.39 is 30.1 Å². The number of ether oxygens (including phenoxy) is 2. The fourth-order valence-electron chi connectivity index (χ4n) is 3.12. The SMILES string of the molecule is C=C1C(=O)O[C@@H]2/C=C(\CO)CC/C=C(\C)C[C@H](OC(=O)/C(C)=C\C)[C@@H]12. The first kappa shape index (κ1) is 19.2. The lowest BCUT2D eigenvalue weighted by Gasteiger charge is -2.27. The normalized spacial score (nSPS) is 32.0. The van der Waals surface area contributed by atoms with E-state index in [9.17, 15) is 14.7 Å². The number of hydrogen-bond donors (Lipinski definition) is 1. The van der Waals surface area contributed by atoms with Crippen LogP contribution in [0.25, 0.3) is 0 Å². The van der Waals surface area contributed by atoms with Gasteiger partial charge >= 0.3 is 11.9 Å². The maximum atomic E-state index is 12.3. The molecule has 1 N–H and O–H groups in total. The number of esters is 2. The van der Waals surface area contributed by atoms with Gasteiger partial charge < -0.3 is 14.6 Å². The highest BCUT2D eigenvalue weighted by atomic mass is 16.6. The molecule has 5 heteroatoms. The summed E-state index contributed by atoms with van der Waals surface area (Å²) < 4.78 is 11.1. The standard InChI is InChI=1S/C20H26O5/c1-5-13(3)19(22)24-16-9-12(2)7-6-8-15(11-21)10-17-18(16)14(4)20(23)25-17/h5,7,10,16-18,21H,4,6,8-9,11H2,1-3H3/b12-7+,13-5-,15-10-/t16-,17+,18+/m0/s1. The lowest BCUT2D eigenvalue weighted by molar-refractivity contribution is -0.147. The summed E-state index contributed by atoms with van der Waals surface area (Å²) in [5, 5.41) is 9.56. The third kappa shape index (κ3) is 4.48. The second-order valence-corrected chi connectivity index (χ2v) is 6.61. The van der Waals surface area contributed by atoms with E-state index >= 15 is 0 Å². The second-order valence-electron chi connectivity index (χ2n) is 6.61. The monoisotopic (exact) mass is 346 g/mol. The Morgan fingerprint density at radius 1 is 1.52 bits per heavy atom. The summed E-state index contributed by atoms with van der Waals surface area (Å²) >= 11 is 0. The molecule has 1 aliphatic heterocycles. The zero-order valence-corrected chi connectivity index (χ0v) is 15.1. The largest absolute Gasteiger partial charge is 0.458 e. The summed E-state index contributed by atoms with van der Waals surface area (Å²) in [6.45, 7) is 9.20. The lowest BCUT2D eigenvalue weighted by Crippen LogP contribution is -2.33. The van der Waals surface area contributed by atoms with Crippen molar-refractivity contribution in [2.24, 2.45) is 5.92 Å². The van der Waals surface area contributed by atoms with Gasteiger partial charge in [-0.25, -0.2) is 9.59 Å². The Kier molecular flexibility index (Phi) is 6.37. The van der Waals surface area contributed by atoms with Crippen molar-refractivity contribution < 1.29 is 24.2 Å². The van der Waals surface area contributed by atoms with Gasteiger partial charge in [0.1, 0.15) is 12.2 Å². The summed E-state index contributed by atoms with van der Waals surface area (Å²) in [5.74, 6) is -1.34. The molecular formula is C20H26O5. The highest BCUT2D eigenvalue weighted by Gasteiger charge is 2.44. The molecule has 0 unspecified atom stereocenters. The number of carbonyl (C=O) groups excluding carboxylic acids is 2. The Morgan fingerprint density at radius 2 is 2.24 bits per heavy atom. The first-order valence-electron chi connectivity index (χ1n) is 8.57. The highest BCUT2D eigenvalue weighted by Crippen LogP contribution is 2.36. The molecule has 0 aromatic carbocycles. The minimum absolute atomic E-state index is 0.0950. The average Bonchev–Trinajstić information content (AvgIpc) is 2.86. The van der Waals surface area contributed by atoms with E-state index in [1.807, 2.05) is 6.92 Å². The molecule has 0 spiro atoms. The average molecular weight is 346 g/mol. The molecule has 0 bridgehead atoms. The smallest absolute Gasteiger partial charge is 0.334 e. The topological polar surface area (TPSA) is 72.8 Å². The summed E-state index contributed by atoms with van der Waals surface area (Å²) in [5.41, 5.74) is 2.69. The van der Waals surface area contributed by atoms with Gasteiger partial charge in [0.2, 0.25) is 0 Å². The van der Waals surface area contributed by atoms with Crippen molar-refractivity contribution in [1.29, 1.82) is 0 Å². The van der Waals surface area contributed by atoms with Gasteiger partial charge in [0, 0.05) is 17.6 Å². The molecule has 3 atom stereocenters. The van der Waals surface area contributed by atoms with Crippen molar-refractivity contribution in [3.63, 3.8) is 0 Å². The Morgan fingerprint density at radius 3 is 2.88 bits per heavy atom. The van der Waals surface area contributed by atoms with Crippen molar-refractivity contribution in [2.45, 2.75) is 52.2 Å². The number of aliphatic hydroxyl groups is 1. The number of allylic oxidation sites excluding steroid dienone is 2. The van der Waals surface area contributed by atoms with Crippen molar-refractivity contribution >= 4 is 11.9 Å². The molecule has 2 rings (SSSR count). The molecule has 25 heavy (non-hydrogen) atoms. The maximum Gasteiger partial charge on any atom is 0.334 e. The number of hydrogen-bond acceptors (Lipinski definition) is 5. The first-order valence-corrected chi connectivity index (χ1v) is 8.57. The van der Waals surface area contributed by atoms with Gasteiger partial charge in [-0.1, -0.05) is 24.3 Å². The first-order chi connectivity index (χ1) is 11.9. The molecule has 0 saturated carbocycles. The van der Waals surface area contributed by atoms with E-state index in [1.165, 1.54) is 0 Å². The predicted molar refractivity (Wildman–Crippen MR) is 94.6 cm³/mol. The zero-order chi connectivity index (χ0) is 18.6. The van der Waals surface area contributed by atoms with Crippen molar-refractivity contribution in [3.8, 4) is 0 Å². The Balaban J connectivity index is 2.40. The van der Waals surface area contributed by atoms with E-state index in [4.69, 9.17) is 9.47 Å². The molecule has 2 aliphatic rings. The Hall–Kier alpha value is -2.14. The number of aliphatic hydroxyl groups excluding tert-OH is 1. The molecule has 0 aromatic rings. The molecule has 1 aliphatic carbocycles. The molecule has 136 valence electrons. The molecule has 1 heterocycles. The van der Waals surface area contributed by atoms with Crippen LogP contribution >= 0.6 is 0 Å². The van der Waals surface area contributed by atoms with E-state index in [0.717, 1.165) is 17.6 Å². The summed E-state index contributed by atoms with van der Waals surface area (Å²) in [6, 6.07) is 0. The minimum atomic E-state index is -0.572. The molecular weight excluding hydrogens is 320 g/mol. The van der Waals surface area contributed by atoms with Crippen LogP contribution in [-0.4, -0.2) is 35.9 Å². The second kappa shape index (κ2) is 8.30. The molecule has 0 radical (unpaired) electrons. The Labute approximate surface area is 148 Å². The quantitative estimate of drug-likeness (QED) is 0.483. The van der Waals surface area contributed by atoms with Crippen LogP contribution < -0.4 is 0 Å². The third-order valence-corrected chi connectivity index (χ3v) is 4.76. The van der Waals surface area contributed by atoms with Gasteiger partial charge in [0.25, 0.3) is 0 Å². The van der Waals surface area contributed by atoms with Crippen LogP contribution in [0.4, 0.5) is 0 Å². The molecule has 1 saturated heterocycles. The van der Waals surface area contributed by atoms with E-state index in [2.05, 4.69) is 12.7 Å². The highest BCUT2D eigenvalue weighted by molar-refractivity contribution is 5.92. The van der Waals surface area contributed by atoms with Gasteiger partial charge in [0.05, 0.1) is 12.5 Å². The summed E-state index contributed by atoms with van der Waals surface area (Å²) in [4.78, 5) is 24.3. The lowest BCUT2D eigenvalue weighted by atomic mass is 9.85. The number of rotatable bonds is 3. The summed E-state index contributed by atoms with van der Waals surface area (Å²) in [7, 11) is 0. The van der Waals surface area contributed by atoms with Crippen LogP contribution in [0.5, 0.6) is 0 Å². The fourth-order valence-corrected chi connectivity index (χ4v) is 3.12. The van der Waals surface area contributed by atoms with Crippen LogP contribution in [0, 0.1) is 5.92 Å². The third-order valence-electron chi connectivity index (χ3n) is 4.76. The molecule has 1 fully saturated rings. The van der Waals surface area contributed by atoms with Gasteiger partial charge in [-0.3, -0.25) is 0 Å². The van der Waals surface area contributed by atoms with Crippen molar-refractivity contribution in [2.75, 3.05) is 6.61 Å².